The third-order valence-electron chi connectivity index (χ3n) is 2.65. The zero-order valence-corrected chi connectivity index (χ0v) is 11.1. The summed E-state index contributed by atoms with van der Waals surface area (Å²) in [5.41, 5.74) is 0.0718. The molecule has 0 spiro atoms. The summed E-state index contributed by atoms with van der Waals surface area (Å²) in [7, 11) is 0. The van der Waals surface area contributed by atoms with Gasteiger partial charge in [-0.15, -0.1) is 0 Å². The average Bonchev–Trinajstić information content (AvgIpc) is 2.37. The predicted octanol–water partition coefficient (Wildman–Crippen LogP) is 4.32. The molecule has 0 bridgehead atoms. The number of halogens is 3. The van der Waals surface area contributed by atoms with Gasteiger partial charge in [-0.05, 0) is 37.1 Å². The first kappa shape index (κ1) is 15.8. The minimum atomic E-state index is -4.27. The van der Waals surface area contributed by atoms with Crippen LogP contribution in [0.3, 0.4) is 0 Å². The van der Waals surface area contributed by atoms with Gasteiger partial charge in [0.25, 0.3) is 0 Å². The van der Waals surface area contributed by atoms with Crippen molar-refractivity contribution in [2.24, 2.45) is 0 Å². The zero-order valence-electron chi connectivity index (χ0n) is 11.1. The van der Waals surface area contributed by atoms with Crippen molar-refractivity contribution < 1.29 is 17.9 Å². The lowest BCUT2D eigenvalue weighted by molar-refractivity contribution is -0.137. The molecule has 0 fully saturated rings. The Bertz CT molecular complexity index is 349. The first-order valence-corrected chi connectivity index (χ1v) is 6.53. The minimum absolute atomic E-state index is 0.624. The minimum Gasteiger partial charge on any atom is -0.385 e. The zero-order chi connectivity index (χ0) is 14.1. The molecule has 0 aliphatic rings. The van der Waals surface area contributed by atoms with Gasteiger partial charge < -0.3 is 10.1 Å². The van der Waals surface area contributed by atoms with Crippen LogP contribution in [-0.2, 0) is 10.9 Å². The van der Waals surface area contributed by atoms with Crippen molar-refractivity contribution >= 4 is 5.69 Å². The molecular formula is C14H20F3NO. The molecule has 1 N–H and O–H groups in total. The second kappa shape index (κ2) is 8.04. The molecule has 0 atom stereocenters. The predicted molar refractivity (Wildman–Crippen MR) is 70.3 cm³/mol. The third kappa shape index (κ3) is 6.47. The summed E-state index contributed by atoms with van der Waals surface area (Å²) in [5.74, 6) is 0. The molecule has 5 heteroatoms. The second-order valence-corrected chi connectivity index (χ2v) is 4.32. The molecule has 0 aliphatic carbocycles. The lowest BCUT2D eigenvalue weighted by atomic mass is 10.2. The molecule has 108 valence electrons. The Morgan fingerprint density at radius 3 is 2.26 bits per heavy atom. The molecule has 1 aromatic carbocycles. The highest BCUT2D eigenvalue weighted by Crippen LogP contribution is 2.29. The van der Waals surface area contributed by atoms with Gasteiger partial charge in [0.05, 0.1) is 5.56 Å². The fraction of sp³-hybridized carbons (Fsp3) is 0.571. The van der Waals surface area contributed by atoms with Crippen molar-refractivity contribution in [2.75, 3.05) is 25.1 Å². The highest BCUT2D eigenvalue weighted by atomic mass is 19.4. The SMILES string of the molecule is CCCCOCCCNc1ccc(C(F)(F)F)cc1. The highest BCUT2D eigenvalue weighted by Gasteiger charge is 2.29. The molecule has 19 heavy (non-hydrogen) atoms. The fourth-order valence-electron chi connectivity index (χ4n) is 1.53. The van der Waals surface area contributed by atoms with Gasteiger partial charge in [-0.1, -0.05) is 13.3 Å². The number of ether oxygens (including phenoxy) is 1. The molecule has 0 amide bonds. The van der Waals surface area contributed by atoms with Crippen LogP contribution in [0.15, 0.2) is 24.3 Å². The van der Waals surface area contributed by atoms with E-state index in [-0.39, 0.29) is 0 Å². The summed E-state index contributed by atoms with van der Waals surface area (Å²) < 4.78 is 42.4. The number of nitrogens with one attached hydrogen (secondary N) is 1. The monoisotopic (exact) mass is 275 g/mol. The lowest BCUT2D eigenvalue weighted by Crippen LogP contribution is -2.07. The van der Waals surface area contributed by atoms with E-state index in [0.29, 0.717) is 18.8 Å². The van der Waals surface area contributed by atoms with Crippen molar-refractivity contribution in [1.29, 1.82) is 0 Å². The van der Waals surface area contributed by atoms with Crippen molar-refractivity contribution in [3.63, 3.8) is 0 Å². The second-order valence-electron chi connectivity index (χ2n) is 4.32. The molecule has 0 saturated heterocycles. The molecule has 0 heterocycles. The van der Waals surface area contributed by atoms with Gasteiger partial charge in [0.15, 0.2) is 0 Å². The van der Waals surface area contributed by atoms with Gasteiger partial charge in [0, 0.05) is 25.4 Å². The summed E-state index contributed by atoms with van der Waals surface area (Å²) >= 11 is 0. The number of alkyl halides is 3. The van der Waals surface area contributed by atoms with Gasteiger partial charge in [-0.2, -0.15) is 13.2 Å². The van der Waals surface area contributed by atoms with E-state index >= 15 is 0 Å². The van der Waals surface area contributed by atoms with Crippen LogP contribution in [0, 0.1) is 0 Å². The van der Waals surface area contributed by atoms with Crippen molar-refractivity contribution in [1.82, 2.24) is 0 Å². The normalized spacial score (nSPS) is 11.6. The Morgan fingerprint density at radius 1 is 1.05 bits per heavy atom. The molecule has 0 saturated carbocycles. The molecule has 0 aliphatic heterocycles. The Kier molecular flexibility index (Phi) is 6.70. The molecule has 2 nitrogen and oxygen atoms in total. The van der Waals surface area contributed by atoms with Crippen molar-refractivity contribution in [3.05, 3.63) is 29.8 Å². The van der Waals surface area contributed by atoms with E-state index in [0.717, 1.165) is 38.0 Å². The van der Waals surface area contributed by atoms with E-state index in [4.69, 9.17) is 4.74 Å². The quantitative estimate of drug-likeness (QED) is 0.713. The van der Waals surface area contributed by atoms with E-state index in [1.165, 1.54) is 12.1 Å². The van der Waals surface area contributed by atoms with Gasteiger partial charge in [0.1, 0.15) is 0 Å². The molecule has 0 unspecified atom stereocenters. The van der Waals surface area contributed by atoms with Gasteiger partial charge in [-0.3, -0.25) is 0 Å². The van der Waals surface area contributed by atoms with E-state index in [1.54, 1.807) is 0 Å². The van der Waals surface area contributed by atoms with Crippen LogP contribution in [0.25, 0.3) is 0 Å². The van der Waals surface area contributed by atoms with Crippen LogP contribution in [0.4, 0.5) is 18.9 Å². The number of hydrogen-bond acceptors (Lipinski definition) is 2. The average molecular weight is 275 g/mol. The summed E-state index contributed by atoms with van der Waals surface area (Å²) in [6, 6.07) is 5.06. The fourth-order valence-corrected chi connectivity index (χ4v) is 1.53. The molecule has 0 radical (unpaired) electrons. The Labute approximate surface area is 112 Å². The Morgan fingerprint density at radius 2 is 1.68 bits per heavy atom. The summed E-state index contributed by atoms with van der Waals surface area (Å²) in [6.45, 7) is 4.25. The van der Waals surface area contributed by atoms with E-state index in [1.807, 2.05) is 0 Å². The number of unbranched alkanes of at least 4 members (excludes halogenated alkanes) is 1. The van der Waals surface area contributed by atoms with E-state index in [2.05, 4.69) is 12.2 Å². The van der Waals surface area contributed by atoms with Crippen molar-refractivity contribution in [2.45, 2.75) is 32.4 Å². The molecule has 0 aromatic heterocycles. The Balaban J connectivity index is 2.20. The third-order valence-corrected chi connectivity index (χ3v) is 2.65. The summed E-state index contributed by atoms with van der Waals surface area (Å²) in [4.78, 5) is 0. The molecular weight excluding hydrogens is 255 g/mol. The molecule has 1 aromatic rings. The van der Waals surface area contributed by atoms with Gasteiger partial charge in [0.2, 0.25) is 0 Å². The topological polar surface area (TPSA) is 21.3 Å². The van der Waals surface area contributed by atoms with Crippen LogP contribution < -0.4 is 5.32 Å². The maximum absolute atomic E-state index is 12.3. The Hall–Kier alpha value is -1.23. The van der Waals surface area contributed by atoms with Crippen LogP contribution in [0.1, 0.15) is 31.7 Å². The standard InChI is InChI=1S/C14H20F3NO/c1-2-3-10-19-11-4-9-18-13-7-5-12(6-8-13)14(15,16)17/h5-8,18H,2-4,9-11H2,1H3. The van der Waals surface area contributed by atoms with Crippen LogP contribution in [0.2, 0.25) is 0 Å². The number of hydrogen-bond donors (Lipinski definition) is 1. The number of benzene rings is 1. The first-order chi connectivity index (χ1) is 9.04. The lowest BCUT2D eigenvalue weighted by Gasteiger charge is -2.09. The van der Waals surface area contributed by atoms with Crippen LogP contribution in [-0.4, -0.2) is 19.8 Å². The largest absolute Gasteiger partial charge is 0.416 e. The summed E-state index contributed by atoms with van der Waals surface area (Å²) in [6.07, 6.45) is -1.26. The molecule has 1 rings (SSSR count). The maximum atomic E-state index is 12.3. The number of rotatable bonds is 8. The van der Waals surface area contributed by atoms with Crippen molar-refractivity contribution in [3.8, 4) is 0 Å². The van der Waals surface area contributed by atoms with Crippen LogP contribution in [0.5, 0.6) is 0 Å². The maximum Gasteiger partial charge on any atom is 0.416 e. The van der Waals surface area contributed by atoms with Crippen LogP contribution >= 0.6 is 0 Å². The van der Waals surface area contributed by atoms with Gasteiger partial charge >= 0.3 is 6.18 Å². The smallest absolute Gasteiger partial charge is 0.385 e. The van der Waals surface area contributed by atoms with E-state index < -0.39 is 11.7 Å². The summed E-state index contributed by atoms with van der Waals surface area (Å²) in [5, 5.41) is 3.07. The first-order valence-electron chi connectivity index (χ1n) is 6.53. The van der Waals surface area contributed by atoms with Gasteiger partial charge in [-0.25, -0.2) is 0 Å². The number of anilines is 1. The highest BCUT2D eigenvalue weighted by molar-refractivity contribution is 5.44. The van der Waals surface area contributed by atoms with E-state index in [9.17, 15) is 13.2 Å².